The highest BCUT2D eigenvalue weighted by Crippen LogP contribution is 2.28. The van der Waals surface area contributed by atoms with Gasteiger partial charge in [-0.05, 0) is 24.3 Å². The molecule has 0 saturated heterocycles. The number of rotatable bonds is 2. The van der Waals surface area contributed by atoms with Crippen LogP contribution in [0.3, 0.4) is 0 Å². The molecule has 24 heavy (non-hydrogen) atoms. The number of hydrogen-bond donors (Lipinski definition) is 1. The predicted octanol–water partition coefficient (Wildman–Crippen LogP) is 4.00. The molecule has 0 aliphatic carbocycles. The molecule has 5 nitrogen and oxygen atoms in total. The number of nitrogens with two attached hydrogens (primary N) is 1. The van der Waals surface area contributed by atoms with Crippen LogP contribution in [-0.4, -0.2) is 16.0 Å². The standard InChI is InChI=1S/C19H14N4O/c20-19(24)23(15-9-13-5-1-3-7-17(13)21-11-15)16-10-14-6-2-4-8-18(14)22-12-16/h1-12H,(H2,20,24). The van der Waals surface area contributed by atoms with Gasteiger partial charge in [-0.25, -0.2) is 4.79 Å². The quantitative estimate of drug-likeness (QED) is 0.608. The molecule has 0 atom stereocenters. The maximum atomic E-state index is 12.1. The smallest absolute Gasteiger partial charge is 0.323 e. The predicted molar refractivity (Wildman–Crippen MR) is 95.2 cm³/mol. The molecular weight excluding hydrogens is 300 g/mol. The van der Waals surface area contributed by atoms with Crippen molar-refractivity contribution in [3.8, 4) is 0 Å². The lowest BCUT2D eigenvalue weighted by Gasteiger charge is -2.20. The first-order valence-corrected chi connectivity index (χ1v) is 7.51. The highest BCUT2D eigenvalue weighted by atomic mass is 16.2. The molecule has 2 amide bonds. The Kier molecular flexibility index (Phi) is 3.31. The zero-order valence-corrected chi connectivity index (χ0v) is 12.8. The van der Waals surface area contributed by atoms with Crippen LogP contribution in [0.4, 0.5) is 16.2 Å². The summed E-state index contributed by atoms with van der Waals surface area (Å²) in [5.74, 6) is 0. The number of benzene rings is 2. The van der Waals surface area contributed by atoms with E-state index in [9.17, 15) is 4.79 Å². The summed E-state index contributed by atoms with van der Waals surface area (Å²) in [6, 6.07) is 18.7. The van der Waals surface area contributed by atoms with Crippen molar-refractivity contribution in [3.05, 3.63) is 73.1 Å². The first-order valence-electron chi connectivity index (χ1n) is 7.51. The van der Waals surface area contributed by atoms with Crippen molar-refractivity contribution >= 4 is 39.2 Å². The van der Waals surface area contributed by atoms with Gasteiger partial charge in [0.2, 0.25) is 0 Å². The fraction of sp³-hybridized carbons (Fsp3) is 0. The molecule has 2 aromatic carbocycles. The molecule has 0 saturated carbocycles. The van der Waals surface area contributed by atoms with E-state index in [1.165, 1.54) is 4.90 Å². The summed E-state index contributed by atoms with van der Waals surface area (Å²) in [7, 11) is 0. The second-order valence-corrected chi connectivity index (χ2v) is 5.45. The summed E-state index contributed by atoms with van der Waals surface area (Å²) in [6.45, 7) is 0. The Hall–Kier alpha value is -3.47. The van der Waals surface area contributed by atoms with Crippen LogP contribution < -0.4 is 10.6 Å². The number of nitrogens with zero attached hydrogens (tertiary/aromatic N) is 3. The number of primary amides is 1. The molecule has 0 unspecified atom stereocenters. The van der Waals surface area contributed by atoms with Gasteiger partial charge in [-0.3, -0.25) is 14.9 Å². The third-order valence-corrected chi connectivity index (χ3v) is 3.89. The third kappa shape index (κ3) is 2.42. The molecule has 0 spiro atoms. The summed E-state index contributed by atoms with van der Waals surface area (Å²) in [5, 5.41) is 1.88. The molecule has 0 fully saturated rings. The van der Waals surface area contributed by atoms with E-state index in [-0.39, 0.29) is 0 Å². The van der Waals surface area contributed by atoms with E-state index in [1.807, 2.05) is 60.7 Å². The Balaban J connectivity index is 1.86. The third-order valence-electron chi connectivity index (χ3n) is 3.89. The van der Waals surface area contributed by atoms with E-state index in [1.54, 1.807) is 12.4 Å². The molecule has 0 radical (unpaired) electrons. The Morgan fingerprint density at radius 3 is 1.71 bits per heavy atom. The number of urea groups is 1. The van der Waals surface area contributed by atoms with E-state index < -0.39 is 6.03 Å². The van der Waals surface area contributed by atoms with Crippen molar-refractivity contribution in [2.75, 3.05) is 4.90 Å². The molecule has 4 rings (SSSR count). The van der Waals surface area contributed by atoms with Crippen LogP contribution in [-0.2, 0) is 0 Å². The number of hydrogen-bond acceptors (Lipinski definition) is 3. The van der Waals surface area contributed by atoms with E-state index in [0.717, 1.165) is 21.8 Å². The van der Waals surface area contributed by atoms with Crippen LogP contribution in [0, 0.1) is 0 Å². The van der Waals surface area contributed by atoms with E-state index in [2.05, 4.69) is 9.97 Å². The largest absolute Gasteiger partial charge is 0.351 e. The second-order valence-electron chi connectivity index (χ2n) is 5.45. The van der Waals surface area contributed by atoms with Gasteiger partial charge in [0.25, 0.3) is 0 Å². The maximum Gasteiger partial charge on any atom is 0.323 e. The lowest BCUT2D eigenvalue weighted by Crippen LogP contribution is -2.31. The summed E-state index contributed by atoms with van der Waals surface area (Å²) in [6.07, 6.45) is 3.28. The minimum Gasteiger partial charge on any atom is -0.351 e. The number of carbonyl (C=O) groups excluding carboxylic acids is 1. The number of anilines is 2. The average Bonchev–Trinajstić information content (AvgIpc) is 2.61. The average molecular weight is 314 g/mol. The minimum atomic E-state index is -0.579. The Morgan fingerprint density at radius 1 is 0.792 bits per heavy atom. The number of fused-ring (bicyclic) bond motifs is 2. The van der Waals surface area contributed by atoms with Gasteiger partial charge >= 0.3 is 6.03 Å². The molecule has 4 aromatic rings. The molecule has 0 aliphatic rings. The van der Waals surface area contributed by atoms with Crippen LogP contribution in [0.15, 0.2) is 73.1 Å². The van der Waals surface area contributed by atoms with Gasteiger partial charge in [-0.15, -0.1) is 0 Å². The van der Waals surface area contributed by atoms with E-state index in [4.69, 9.17) is 5.73 Å². The first-order chi connectivity index (χ1) is 11.7. The summed E-state index contributed by atoms with van der Waals surface area (Å²) >= 11 is 0. The van der Waals surface area contributed by atoms with Crippen molar-refractivity contribution in [2.45, 2.75) is 0 Å². The van der Waals surface area contributed by atoms with Gasteiger partial charge in [0.15, 0.2) is 0 Å². The zero-order chi connectivity index (χ0) is 16.5. The van der Waals surface area contributed by atoms with Crippen LogP contribution in [0.5, 0.6) is 0 Å². The van der Waals surface area contributed by atoms with Gasteiger partial charge in [0.05, 0.1) is 34.8 Å². The number of carbonyl (C=O) groups is 1. The highest BCUT2D eigenvalue weighted by molar-refractivity contribution is 6.01. The van der Waals surface area contributed by atoms with Crippen LogP contribution in [0.2, 0.25) is 0 Å². The molecule has 2 N–H and O–H groups in total. The monoisotopic (exact) mass is 314 g/mol. The van der Waals surface area contributed by atoms with Crippen molar-refractivity contribution in [2.24, 2.45) is 5.73 Å². The van der Waals surface area contributed by atoms with Gasteiger partial charge in [0, 0.05) is 10.8 Å². The van der Waals surface area contributed by atoms with Crippen LogP contribution in [0.1, 0.15) is 0 Å². The number of para-hydroxylation sites is 2. The molecule has 5 heteroatoms. The lowest BCUT2D eigenvalue weighted by molar-refractivity contribution is 0.256. The van der Waals surface area contributed by atoms with Gasteiger partial charge in [-0.1, -0.05) is 36.4 Å². The molecule has 2 aromatic heterocycles. The van der Waals surface area contributed by atoms with Gasteiger partial charge in [-0.2, -0.15) is 0 Å². The Labute approximate surface area is 138 Å². The number of pyridine rings is 2. The molecular formula is C19H14N4O. The van der Waals surface area contributed by atoms with Crippen molar-refractivity contribution in [1.29, 1.82) is 0 Å². The van der Waals surface area contributed by atoms with E-state index in [0.29, 0.717) is 11.4 Å². The molecule has 0 aliphatic heterocycles. The Bertz CT molecular complexity index is 982. The molecule has 0 bridgehead atoms. The normalized spacial score (nSPS) is 10.8. The number of aromatic nitrogens is 2. The maximum absolute atomic E-state index is 12.1. The number of amides is 2. The molecule has 116 valence electrons. The zero-order valence-electron chi connectivity index (χ0n) is 12.8. The summed E-state index contributed by atoms with van der Waals surface area (Å²) in [5.41, 5.74) is 8.57. The van der Waals surface area contributed by atoms with Crippen LogP contribution >= 0.6 is 0 Å². The molecule has 2 heterocycles. The van der Waals surface area contributed by atoms with Gasteiger partial charge in [0.1, 0.15) is 0 Å². The summed E-state index contributed by atoms with van der Waals surface area (Å²) < 4.78 is 0. The van der Waals surface area contributed by atoms with Crippen LogP contribution in [0.25, 0.3) is 21.8 Å². The summed E-state index contributed by atoms with van der Waals surface area (Å²) in [4.78, 5) is 22.3. The van der Waals surface area contributed by atoms with E-state index >= 15 is 0 Å². The minimum absolute atomic E-state index is 0.579. The Morgan fingerprint density at radius 2 is 1.25 bits per heavy atom. The SMILES string of the molecule is NC(=O)N(c1cnc2ccccc2c1)c1cnc2ccccc2c1. The lowest BCUT2D eigenvalue weighted by atomic mass is 10.2. The van der Waals surface area contributed by atoms with Gasteiger partial charge < -0.3 is 5.73 Å². The fourth-order valence-corrected chi connectivity index (χ4v) is 2.77. The van der Waals surface area contributed by atoms with Crippen molar-refractivity contribution in [1.82, 2.24) is 9.97 Å². The fourth-order valence-electron chi connectivity index (χ4n) is 2.77. The second kappa shape index (κ2) is 5.62. The first kappa shape index (κ1) is 14.1. The highest BCUT2D eigenvalue weighted by Gasteiger charge is 2.17. The van der Waals surface area contributed by atoms with Crippen molar-refractivity contribution in [3.63, 3.8) is 0 Å². The topological polar surface area (TPSA) is 72.1 Å². The van der Waals surface area contributed by atoms with Crippen molar-refractivity contribution < 1.29 is 4.79 Å².